The van der Waals surface area contributed by atoms with Gasteiger partial charge in [-0.05, 0) is 40.3 Å². The van der Waals surface area contributed by atoms with E-state index in [9.17, 15) is 15.0 Å². The van der Waals surface area contributed by atoms with Gasteiger partial charge in [0.05, 0.1) is 12.2 Å². The zero-order valence-corrected chi connectivity index (χ0v) is 13.4. The first-order valence-corrected chi connectivity index (χ1v) is 7.84. The quantitative estimate of drug-likeness (QED) is 0.915. The molecule has 0 bridgehead atoms. The lowest BCUT2D eigenvalue weighted by Crippen LogP contribution is -2.25. The van der Waals surface area contributed by atoms with Crippen molar-refractivity contribution in [3.8, 4) is 5.75 Å². The van der Waals surface area contributed by atoms with E-state index in [1.54, 1.807) is 11.0 Å². The number of hydrogen-bond donors (Lipinski definition) is 2. The summed E-state index contributed by atoms with van der Waals surface area (Å²) in [7, 11) is 0. The predicted molar refractivity (Wildman–Crippen MR) is 88.1 cm³/mol. The SMILES string of the molecule is CC(C)c1cc(C(=O)N2Cc3ccccc3C2)c(O)cc1CO. The molecule has 0 aliphatic carbocycles. The molecule has 2 aromatic carbocycles. The Hall–Kier alpha value is -2.33. The summed E-state index contributed by atoms with van der Waals surface area (Å²) >= 11 is 0. The van der Waals surface area contributed by atoms with Gasteiger partial charge in [-0.2, -0.15) is 0 Å². The van der Waals surface area contributed by atoms with Crippen LogP contribution in [0.5, 0.6) is 5.75 Å². The van der Waals surface area contributed by atoms with Crippen molar-refractivity contribution in [3.63, 3.8) is 0 Å². The van der Waals surface area contributed by atoms with E-state index in [4.69, 9.17) is 0 Å². The summed E-state index contributed by atoms with van der Waals surface area (Å²) in [5.41, 5.74) is 4.16. The monoisotopic (exact) mass is 311 g/mol. The van der Waals surface area contributed by atoms with Crippen molar-refractivity contribution >= 4 is 5.91 Å². The maximum Gasteiger partial charge on any atom is 0.258 e. The van der Waals surface area contributed by atoms with Crippen LogP contribution >= 0.6 is 0 Å². The first-order chi connectivity index (χ1) is 11.0. The second-order valence-corrected chi connectivity index (χ2v) is 6.31. The van der Waals surface area contributed by atoms with Gasteiger partial charge in [-0.1, -0.05) is 38.1 Å². The molecule has 1 heterocycles. The normalized spacial score (nSPS) is 13.5. The Morgan fingerprint density at radius 2 is 1.78 bits per heavy atom. The van der Waals surface area contributed by atoms with Gasteiger partial charge in [-0.3, -0.25) is 4.79 Å². The minimum Gasteiger partial charge on any atom is -0.507 e. The second kappa shape index (κ2) is 6.05. The number of benzene rings is 2. The summed E-state index contributed by atoms with van der Waals surface area (Å²) in [6.45, 7) is 4.99. The van der Waals surface area contributed by atoms with E-state index < -0.39 is 0 Å². The molecule has 0 saturated heterocycles. The Morgan fingerprint density at radius 3 is 2.30 bits per heavy atom. The Labute approximate surface area is 136 Å². The highest BCUT2D eigenvalue weighted by Crippen LogP contribution is 2.31. The molecule has 0 aromatic heterocycles. The second-order valence-electron chi connectivity index (χ2n) is 6.31. The van der Waals surface area contributed by atoms with Gasteiger partial charge >= 0.3 is 0 Å². The fourth-order valence-electron chi connectivity index (χ4n) is 3.14. The molecule has 0 unspecified atom stereocenters. The van der Waals surface area contributed by atoms with Crippen LogP contribution < -0.4 is 0 Å². The van der Waals surface area contributed by atoms with Gasteiger partial charge in [0.2, 0.25) is 0 Å². The zero-order valence-electron chi connectivity index (χ0n) is 13.4. The van der Waals surface area contributed by atoms with Gasteiger partial charge in [-0.15, -0.1) is 0 Å². The molecule has 0 radical (unpaired) electrons. The van der Waals surface area contributed by atoms with Gasteiger partial charge in [0.25, 0.3) is 5.91 Å². The number of rotatable bonds is 3. The number of phenols is 1. The third-order valence-corrected chi connectivity index (χ3v) is 4.41. The van der Waals surface area contributed by atoms with Crippen LogP contribution in [0.4, 0.5) is 0 Å². The number of carbonyl (C=O) groups excluding carboxylic acids is 1. The summed E-state index contributed by atoms with van der Waals surface area (Å²) in [5.74, 6) is -0.0791. The fourth-order valence-corrected chi connectivity index (χ4v) is 3.14. The number of nitrogens with zero attached hydrogens (tertiary/aromatic N) is 1. The highest BCUT2D eigenvalue weighted by molar-refractivity contribution is 5.97. The molecule has 1 aliphatic heterocycles. The maximum absolute atomic E-state index is 12.8. The Balaban J connectivity index is 1.93. The molecule has 2 aromatic rings. The Bertz CT molecular complexity index is 727. The topological polar surface area (TPSA) is 60.8 Å². The molecular formula is C19H21NO3. The van der Waals surface area contributed by atoms with Crippen LogP contribution in [0.3, 0.4) is 0 Å². The third kappa shape index (κ3) is 2.82. The van der Waals surface area contributed by atoms with Gasteiger partial charge < -0.3 is 15.1 Å². The first kappa shape index (κ1) is 15.6. The van der Waals surface area contributed by atoms with Crippen molar-refractivity contribution < 1.29 is 15.0 Å². The van der Waals surface area contributed by atoms with Gasteiger partial charge in [0.1, 0.15) is 5.75 Å². The number of carbonyl (C=O) groups is 1. The van der Waals surface area contributed by atoms with E-state index in [2.05, 4.69) is 0 Å². The number of fused-ring (bicyclic) bond motifs is 1. The zero-order chi connectivity index (χ0) is 16.6. The van der Waals surface area contributed by atoms with Gasteiger partial charge in [0.15, 0.2) is 0 Å². The summed E-state index contributed by atoms with van der Waals surface area (Å²) < 4.78 is 0. The highest BCUT2D eigenvalue weighted by Gasteiger charge is 2.26. The molecule has 1 amide bonds. The van der Waals surface area contributed by atoms with Gasteiger partial charge in [-0.25, -0.2) is 0 Å². The number of phenolic OH excluding ortho intramolecular Hbond substituents is 1. The maximum atomic E-state index is 12.8. The summed E-state index contributed by atoms with van der Waals surface area (Å²) in [4.78, 5) is 14.6. The molecule has 0 saturated carbocycles. The lowest BCUT2D eigenvalue weighted by Gasteiger charge is -2.19. The van der Waals surface area contributed by atoms with Crippen molar-refractivity contribution in [1.82, 2.24) is 4.90 Å². The van der Waals surface area contributed by atoms with E-state index in [1.165, 1.54) is 6.07 Å². The van der Waals surface area contributed by atoms with Crippen molar-refractivity contribution in [1.29, 1.82) is 0 Å². The average molecular weight is 311 g/mol. The number of aliphatic hydroxyl groups is 1. The van der Waals surface area contributed by atoms with Crippen molar-refractivity contribution in [2.75, 3.05) is 0 Å². The lowest BCUT2D eigenvalue weighted by molar-refractivity contribution is 0.0748. The average Bonchev–Trinajstić information content (AvgIpc) is 2.97. The summed E-state index contributed by atoms with van der Waals surface area (Å²) in [5, 5.41) is 19.7. The van der Waals surface area contributed by atoms with Crippen molar-refractivity contribution in [2.24, 2.45) is 0 Å². The molecule has 4 heteroatoms. The summed E-state index contributed by atoms with van der Waals surface area (Å²) in [6.07, 6.45) is 0. The minimum absolute atomic E-state index is 0.0700. The van der Waals surface area contributed by atoms with Crippen LogP contribution in [0, 0.1) is 0 Å². The predicted octanol–water partition coefficient (Wildman–Crippen LogP) is 3.16. The van der Waals surface area contributed by atoms with Crippen molar-refractivity contribution in [3.05, 3.63) is 64.2 Å². The molecule has 120 valence electrons. The minimum atomic E-state index is -0.176. The molecule has 2 N–H and O–H groups in total. The molecule has 0 atom stereocenters. The molecule has 0 fully saturated rings. The molecule has 0 spiro atoms. The van der Waals surface area contributed by atoms with Gasteiger partial charge in [0, 0.05) is 13.1 Å². The largest absolute Gasteiger partial charge is 0.507 e. The third-order valence-electron chi connectivity index (χ3n) is 4.41. The molecule has 3 rings (SSSR count). The number of aromatic hydroxyl groups is 1. The van der Waals surface area contributed by atoms with Crippen LogP contribution in [-0.4, -0.2) is 21.0 Å². The molecule has 1 aliphatic rings. The summed E-state index contributed by atoms with van der Waals surface area (Å²) in [6, 6.07) is 11.2. The molecule has 23 heavy (non-hydrogen) atoms. The van der Waals surface area contributed by atoms with E-state index in [0.29, 0.717) is 24.2 Å². The van der Waals surface area contributed by atoms with E-state index in [-0.39, 0.29) is 24.2 Å². The van der Waals surface area contributed by atoms with Crippen LogP contribution in [0.1, 0.15) is 52.4 Å². The first-order valence-electron chi connectivity index (χ1n) is 7.84. The van der Waals surface area contributed by atoms with Crippen LogP contribution in [0.25, 0.3) is 0 Å². The van der Waals surface area contributed by atoms with E-state index in [0.717, 1.165) is 16.7 Å². The smallest absolute Gasteiger partial charge is 0.258 e. The fraction of sp³-hybridized carbons (Fsp3) is 0.316. The lowest BCUT2D eigenvalue weighted by atomic mass is 9.94. The van der Waals surface area contributed by atoms with Crippen LogP contribution in [0.2, 0.25) is 0 Å². The van der Waals surface area contributed by atoms with Crippen LogP contribution in [-0.2, 0) is 19.7 Å². The van der Waals surface area contributed by atoms with E-state index in [1.807, 2.05) is 38.1 Å². The van der Waals surface area contributed by atoms with Crippen molar-refractivity contribution in [2.45, 2.75) is 39.5 Å². The number of hydrogen-bond acceptors (Lipinski definition) is 3. The number of aliphatic hydroxyl groups excluding tert-OH is 1. The molecule has 4 nitrogen and oxygen atoms in total. The van der Waals surface area contributed by atoms with Crippen LogP contribution in [0.15, 0.2) is 36.4 Å². The standard InChI is InChI=1S/C19H21NO3/c1-12(2)16-8-17(18(22)7-15(16)11-21)19(23)20-9-13-5-3-4-6-14(13)10-20/h3-8,12,21-22H,9-11H2,1-2H3. The highest BCUT2D eigenvalue weighted by atomic mass is 16.3. The van der Waals surface area contributed by atoms with E-state index >= 15 is 0 Å². The molecular weight excluding hydrogens is 290 g/mol. The number of amides is 1. The Kier molecular flexibility index (Phi) is 4.09. The Morgan fingerprint density at radius 1 is 1.17 bits per heavy atom.